The number of nitriles is 1. The van der Waals surface area contributed by atoms with Gasteiger partial charge in [-0.25, -0.2) is 19.2 Å². The fourth-order valence-electron chi connectivity index (χ4n) is 5.55. The van der Waals surface area contributed by atoms with Crippen molar-refractivity contribution in [2.24, 2.45) is 5.41 Å². The van der Waals surface area contributed by atoms with Crippen LogP contribution in [0.25, 0.3) is 5.65 Å². The molecular formula is C25H23ClFN5O3. The van der Waals surface area contributed by atoms with Crippen LogP contribution in [-0.2, 0) is 5.41 Å². The van der Waals surface area contributed by atoms with Crippen LogP contribution in [0.5, 0.6) is 0 Å². The van der Waals surface area contributed by atoms with Gasteiger partial charge in [-0.3, -0.25) is 9.20 Å². The van der Waals surface area contributed by atoms with Gasteiger partial charge in [0.15, 0.2) is 5.69 Å². The van der Waals surface area contributed by atoms with Crippen LogP contribution in [0.4, 0.5) is 10.1 Å². The van der Waals surface area contributed by atoms with Crippen molar-refractivity contribution in [3.05, 3.63) is 68.7 Å². The van der Waals surface area contributed by atoms with Crippen molar-refractivity contribution in [2.45, 2.75) is 56.9 Å². The highest BCUT2D eigenvalue weighted by atomic mass is 35.5. The minimum atomic E-state index is -1.26. The second-order valence-corrected chi connectivity index (χ2v) is 10.0. The quantitative estimate of drug-likeness (QED) is 0.484. The molecule has 0 radical (unpaired) electrons. The summed E-state index contributed by atoms with van der Waals surface area (Å²) in [6.07, 6.45) is 5.79. The molecule has 2 bridgehead atoms. The summed E-state index contributed by atoms with van der Waals surface area (Å²) >= 11 is 5.85. The highest BCUT2D eigenvalue weighted by Gasteiger charge is 2.50. The Morgan fingerprint density at radius 3 is 2.54 bits per heavy atom. The number of carboxylic acid groups (broad SMARTS) is 1. The fourth-order valence-corrected chi connectivity index (χ4v) is 5.69. The molecule has 0 spiro atoms. The van der Waals surface area contributed by atoms with Crippen LogP contribution in [0.15, 0.2) is 35.3 Å². The largest absolute Gasteiger partial charge is 0.476 e. The summed E-state index contributed by atoms with van der Waals surface area (Å²) in [5.74, 6) is -1.87. The zero-order valence-electron chi connectivity index (χ0n) is 19.0. The first-order chi connectivity index (χ1) is 16.7. The molecule has 6 rings (SSSR count). The Balaban J connectivity index is 1.58. The molecule has 3 saturated carbocycles. The maximum absolute atomic E-state index is 14.6. The van der Waals surface area contributed by atoms with Gasteiger partial charge in [-0.15, -0.1) is 0 Å². The predicted molar refractivity (Wildman–Crippen MR) is 127 cm³/mol. The van der Waals surface area contributed by atoms with Crippen LogP contribution in [0.3, 0.4) is 0 Å². The number of hydrogen-bond acceptors (Lipinski definition) is 6. The van der Waals surface area contributed by atoms with E-state index in [4.69, 9.17) is 16.6 Å². The number of hydrogen-bond donors (Lipinski definition) is 2. The van der Waals surface area contributed by atoms with Crippen molar-refractivity contribution in [2.75, 3.05) is 5.32 Å². The molecule has 35 heavy (non-hydrogen) atoms. The van der Waals surface area contributed by atoms with E-state index < -0.39 is 17.8 Å². The molecule has 3 aliphatic carbocycles. The summed E-state index contributed by atoms with van der Waals surface area (Å²) in [6.45, 7) is 1.73. The minimum Gasteiger partial charge on any atom is -0.476 e. The molecule has 10 heteroatoms. The van der Waals surface area contributed by atoms with Crippen LogP contribution >= 0.6 is 11.6 Å². The normalized spacial score (nSPS) is 24.2. The number of aromatic nitrogens is 3. The summed E-state index contributed by atoms with van der Waals surface area (Å²) in [4.78, 5) is 33.5. The summed E-state index contributed by atoms with van der Waals surface area (Å²) < 4.78 is 15.7. The van der Waals surface area contributed by atoms with Gasteiger partial charge in [-0.2, -0.15) is 5.26 Å². The van der Waals surface area contributed by atoms with Crippen LogP contribution in [0.1, 0.15) is 73.2 Å². The summed E-state index contributed by atoms with van der Waals surface area (Å²) in [6, 6.07) is 7.63. The maximum atomic E-state index is 14.6. The van der Waals surface area contributed by atoms with E-state index >= 15 is 0 Å². The Kier molecular flexibility index (Phi) is 5.52. The molecule has 2 N–H and O–H groups in total. The van der Waals surface area contributed by atoms with Gasteiger partial charge in [-0.1, -0.05) is 11.6 Å². The summed E-state index contributed by atoms with van der Waals surface area (Å²) in [7, 11) is 0. The molecule has 3 aliphatic rings. The molecule has 3 fully saturated rings. The van der Waals surface area contributed by atoms with E-state index in [1.807, 2.05) is 0 Å². The smallest absolute Gasteiger partial charge is 0.356 e. The molecule has 0 saturated heterocycles. The van der Waals surface area contributed by atoms with E-state index in [9.17, 15) is 24.3 Å². The average Bonchev–Trinajstić information content (AvgIpc) is 2.86. The highest BCUT2D eigenvalue weighted by molar-refractivity contribution is 6.29. The Hall–Kier alpha value is -3.51. The van der Waals surface area contributed by atoms with Gasteiger partial charge < -0.3 is 10.4 Å². The molecule has 0 aliphatic heterocycles. The first-order valence-corrected chi connectivity index (χ1v) is 11.8. The Bertz CT molecular complexity index is 1440. The monoisotopic (exact) mass is 495 g/mol. The number of rotatable bonds is 5. The third-order valence-corrected chi connectivity index (χ3v) is 7.90. The molecule has 8 nitrogen and oxygen atoms in total. The van der Waals surface area contributed by atoms with Gasteiger partial charge >= 0.3 is 5.97 Å². The summed E-state index contributed by atoms with van der Waals surface area (Å²) in [5, 5.41) is 22.2. The maximum Gasteiger partial charge on any atom is 0.356 e. The lowest BCUT2D eigenvalue weighted by Crippen LogP contribution is -2.44. The molecule has 0 unspecified atom stereocenters. The van der Waals surface area contributed by atoms with Crippen molar-refractivity contribution >= 4 is 28.9 Å². The van der Waals surface area contributed by atoms with Gasteiger partial charge in [0.05, 0.1) is 28.9 Å². The van der Waals surface area contributed by atoms with Crippen molar-refractivity contribution in [3.8, 4) is 6.07 Å². The fraction of sp³-hybridized carbons (Fsp3) is 0.400. The number of nitrogens with zero attached hydrogens (tertiary/aromatic N) is 4. The van der Waals surface area contributed by atoms with Gasteiger partial charge in [0.25, 0.3) is 5.56 Å². The van der Waals surface area contributed by atoms with E-state index in [2.05, 4.69) is 16.4 Å². The number of nitrogens with one attached hydrogen (secondary N) is 1. The molecule has 3 heterocycles. The van der Waals surface area contributed by atoms with Crippen LogP contribution in [0.2, 0.25) is 5.15 Å². The van der Waals surface area contributed by atoms with Gasteiger partial charge in [-0.05, 0) is 63.6 Å². The predicted octanol–water partition coefficient (Wildman–Crippen LogP) is 4.87. The molecule has 1 atom stereocenters. The number of carboxylic acids is 1. The van der Waals surface area contributed by atoms with Crippen molar-refractivity contribution in [1.82, 2.24) is 14.4 Å². The highest BCUT2D eigenvalue weighted by Crippen LogP contribution is 2.57. The zero-order chi connectivity index (χ0) is 25.0. The summed E-state index contributed by atoms with van der Waals surface area (Å²) in [5.41, 5.74) is 0.415. The van der Waals surface area contributed by atoms with Gasteiger partial charge in [0.1, 0.15) is 16.6 Å². The molecule has 3 aromatic rings. The molecule has 3 aromatic heterocycles. The lowest BCUT2D eigenvalue weighted by atomic mass is 9.53. The first kappa shape index (κ1) is 23.2. The number of fused-ring (bicyclic) bond motifs is 4. The topological polar surface area (TPSA) is 120 Å². The third kappa shape index (κ3) is 3.92. The number of halogens is 2. The van der Waals surface area contributed by atoms with Crippen molar-refractivity contribution in [1.29, 1.82) is 5.26 Å². The average molecular weight is 496 g/mol. The Morgan fingerprint density at radius 2 is 1.91 bits per heavy atom. The number of carbonyl (C=O) groups is 1. The number of anilines is 1. The molecule has 0 aromatic carbocycles. The third-order valence-electron chi connectivity index (χ3n) is 7.69. The van der Waals surface area contributed by atoms with Crippen LogP contribution < -0.4 is 10.9 Å². The van der Waals surface area contributed by atoms with E-state index in [1.54, 1.807) is 6.92 Å². The molecular weight excluding hydrogens is 473 g/mol. The van der Waals surface area contributed by atoms with Crippen LogP contribution in [-0.4, -0.2) is 25.4 Å². The Morgan fingerprint density at radius 1 is 1.23 bits per heavy atom. The molecule has 180 valence electrons. The molecule has 0 amide bonds. The van der Waals surface area contributed by atoms with E-state index in [-0.39, 0.29) is 32.9 Å². The second kappa shape index (κ2) is 8.31. The minimum absolute atomic E-state index is 0.0364. The number of aromatic carboxylic acids is 1. The van der Waals surface area contributed by atoms with Gasteiger partial charge in [0.2, 0.25) is 0 Å². The van der Waals surface area contributed by atoms with E-state index in [0.717, 1.165) is 44.7 Å². The first-order valence-electron chi connectivity index (χ1n) is 11.5. The van der Waals surface area contributed by atoms with Crippen molar-refractivity contribution < 1.29 is 14.3 Å². The number of pyridine rings is 2. The lowest BCUT2D eigenvalue weighted by molar-refractivity contribution is 0.0691. The standard InChI is InChI=1S/C25H23ClFN5O3/c1-14(29-17-2-3-19(26)31-21(17)23(34)35)16-10-15(27)12-32-20(33)11-18(30-22(16)32)25-7-4-24(13-28,5-8-25)6-9-25/h2-3,10-12,14,29H,4-9H2,1H3,(H,34,35)/t14-,24?,25?/m1/s1. The van der Waals surface area contributed by atoms with E-state index in [1.165, 1.54) is 28.7 Å². The second-order valence-electron chi connectivity index (χ2n) is 9.66. The van der Waals surface area contributed by atoms with E-state index in [0.29, 0.717) is 16.9 Å². The zero-order valence-corrected chi connectivity index (χ0v) is 19.8. The van der Waals surface area contributed by atoms with Gasteiger partial charge in [0, 0.05) is 23.2 Å². The van der Waals surface area contributed by atoms with Crippen molar-refractivity contribution in [3.63, 3.8) is 0 Å². The lowest BCUT2D eigenvalue weighted by Gasteiger charge is -2.50. The van der Waals surface area contributed by atoms with Crippen LogP contribution in [0, 0.1) is 22.6 Å². The SMILES string of the molecule is C[C@@H](Nc1ccc(Cl)nc1C(=O)O)c1cc(F)cn2c(=O)cc(C34CCC(C#N)(CC3)CC4)nc12. The Labute approximate surface area is 205 Å².